The Balaban J connectivity index is 2.08. The fourth-order valence-corrected chi connectivity index (χ4v) is 3.48. The van der Waals surface area contributed by atoms with Crippen LogP contribution in [0.1, 0.15) is 38.8 Å². The van der Waals surface area contributed by atoms with Gasteiger partial charge >= 0.3 is 0 Å². The number of nitrogens with one attached hydrogen (secondary N) is 1. The first kappa shape index (κ1) is 15.9. The van der Waals surface area contributed by atoms with Crippen LogP contribution in [-0.4, -0.2) is 25.6 Å². The standard InChI is InChI=1S/C15H22N2O3S/c1-15(2,11-6-4-7-11)14(18)17-10-12-13(21(3,19)20)8-5-9-16-12/h5,8-9,11H,4,6-7,10H2,1-3H3,(H,17,18). The fourth-order valence-electron chi connectivity index (χ4n) is 2.60. The predicted octanol–water partition coefficient (Wildman–Crippen LogP) is 1.93. The molecule has 21 heavy (non-hydrogen) atoms. The van der Waals surface area contributed by atoms with E-state index in [1.807, 2.05) is 13.8 Å². The number of aromatic nitrogens is 1. The molecule has 1 aliphatic carbocycles. The topological polar surface area (TPSA) is 76.1 Å². The number of hydrogen-bond acceptors (Lipinski definition) is 4. The molecule has 0 spiro atoms. The molecular formula is C15H22N2O3S. The van der Waals surface area contributed by atoms with Crippen molar-refractivity contribution in [1.29, 1.82) is 0 Å². The van der Waals surface area contributed by atoms with Crippen LogP contribution in [0.4, 0.5) is 0 Å². The van der Waals surface area contributed by atoms with Crippen molar-refractivity contribution in [3.8, 4) is 0 Å². The summed E-state index contributed by atoms with van der Waals surface area (Å²) in [6.45, 7) is 4.03. The van der Waals surface area contributed by atoms with Gasteiger partial charge in [0.15, 0.2) is 9.84 Å². The molecule has 0 aliphatic heterocycles. The molecule has 1 aromatic heterocycles. The van der Waals surface area contributed by atoms with Gasteiger partial charge in [-0.3, -0.25) is 9.78 Å². The lowest BCUT2D eigenvalue weighted by Gasteiger charge is -2.39. The summed E-state index contributed by atoms with van der Waals surface area (Å²) in [7, 11) is -3.34. The summed E-state index contributed by atoms with van der Waals surface area (Å²) in [5, 5.41) is 2.83. The zero-order valence-electron chi connectivity index (χ0n) is 12.7. The van der Waals surface area contributed by atoms with E-state index in [0.717, 1.165) is 19.1 Å². The lowest BCUT2D eigenvalue weighted by molar-refractivity contribution is -0.134. The van der Waals surface area contributed by atoms with Crippen LogP contribution < -0.4 is 5.32 Å². The first-order chi connectivity index (χ1) is 9.73. The zero-order chi connectivity index (χ0) is 15.7. The van der Waals surface area contributed by atoms with E-state index in [-0.39, 0.29) is 17.3 Å². The Kier molecular flexibility index (Phi) is 4.37. The third-order valence-corrected chi connectivity index (χ3v) is 5.55. The lowest BCUT2D eigenvalue weighted by atomic mass is 9.67. The molecule has 1 heterocycles. The van der Waals surface area contributed by atoms with Crippen molar-refractivity contribution in [3.63, 3.8) is 0 Å². The van der Waals surface area contributed by atoms with E-state index in [1.165, 1.54) is 18.7 Å². The maximum atomic E-state index is 12.3. The summed E-state index contributed by atoms with van der Waals surface area (Å²) >= 11 is 0. The van der Waals surface area contributed by atoms with E-state index in [1.54, 1.807) is 6.07 Å². The van der Waals surface area contributed by atoms with Crippen LogP contribution in [0.2, 0.25) is 0 Å². The fraction of sp³-hybridized carbons (Fsp3) is 0.600. The molecule has 0 bridgehead atoms. The van der Waals surface area contributed by atoms with Crippen molar-refractivity contribution in [2.45, 2.75) is 44.6 Å². The number of sulfone groups is 1. The highest BCUT2D eigenvalue weighted by atomic mass is 32.2. The van der Waals surface area contributed by atoms with Crippen molar-refractivity contribution < 1.29 is 13.2 Å². The molecule has 2 rings (SSSR count). The summed E-state index contributed by atoms with van der Waals surface area (Å²) in [5.41, 5.74) is -0.0316. The Hall–Kier alpha value is -1.43. The highest BCUT2D eigenvalue weighted by Gasteiger charge is 2.39. The molecule has 0 aromatic carbocycles. The molecule has 0 atom stereocenters. The van der Waals surface area contributed by atoms with Crippen LogP contribution in [0.15, 0.2) is 23.2 Å². The van der Waals surface area contributed by atoms with Gasteiger partial charge in [0.2, 0.25) is 5.91 Å². The largest absolute Gasteiger partial charge is 0.350 e. The molecule has 0 unspecified atom stereocenters. The molecule has 1 amide bonds. The average Bonchev–Trinajstić information content (AvgIpc) is 2.32. The van der Waals surface area contributed by atoms with Gasteiger partial charge in [-0.15, -0.1) is 0 Å². The van der Waals surface area contributed by atoms with Crippen molar-refractivity contribution in [3.05, 3.63) is 24.0 Å². The van der Waals surface area contributed by atoms with E-state index >= 15 is 0 Å². The summed E-state index contributed by atoms with van der Waals surface area (Å²) < 4.78 is 23.4. The maximum absolute atomic E-state index is 12.3. The SMILES string of the molecule is CC(C)(C(=O)NCc1ncccc1S(C)(=O)=O)C1CCC1. The highest BCUT2D eigenvalue weighted by Crippen LogP contribution is 2.41. The Morgan fingerprint density at radius 1 is 1.43 bits per heavy atom. The number of carbonyl (C=O) groups excluding carboxylic acids is 1. The molecule has 0 radical (unpaired) electrons. The van der Waals surface area contributed by atoms with Gasteiger partial charge < -0.3 is 5.32 Å². The Labute approximate surface area is 126 Å². The van der Waals surface area contributed by atoms with Crippen LogP contribution in [0, 0.1) is 11.3 Å². The number of amides is 1. The van der Waals surface area contributed by atoms with Crippen molar-refractivity contribution in [1.82, 2.24) is 10.3 Å². The average molecular weight is 310 g/mol. The normalized spacial score (nSPS) is 16.3. The molecule has 1 aliphatic rings. The summed E-state index contributed by atoms with van der Waals surface area (Å²) in [6, 6.07) is 3.10. The second-order valence-corrected chi connectivity index (χ2v) is 8.24. The van der Waals surface area contributed by atoms with E-state index in [2.05, 4.69) is 10.3 Å². The number of hydrogen-bond donors (Lipinski definition) is 1. The molecule has 116 valence electrons. The number of pyridine rings is 1. The minimum absolute atomic E-state index is 0.0442. The van der Waals surface area contributed by atoms with E-state index in [9.17, 15) is 13.2 Å². The summed E-state index contributed by atoms with van der Waals surface area (Å²) in [6.07, 6.45) is 6.03. The Morgan fingerprint density at radius 3 is 2.62 bits per heavy atom. The molecule has 6 heteroatoms. The zero-order valence-corrected chi connectivity index (χ0v) is 13.5. The summed E-state index contributed by atoms with van der Waals surface area (Å²) in [4.78, 5) is 16.6. The molecule has 1 N–H and O–H groups in total. The molecule has 0 saturated heterocycles. The smallest absolute Gasteiger partial charge is 0.226 e. The number of nitrogens with zero attached hydrogens (tertiary/aromatic N) is 1. The van der Waals surface area contributed by atoms with Crippen LogP contribution in [0.3, 0.4) is 0 Å². The first-order valence-electron chi connectivity index (χ1n) is 7.15. The molecule has 1 aromatic rings. The van der Waals surface area contributed by atoms with Crippen LogP contribution >= 0.6 is 0 Å². The quantitative estimate of drug-likeness (QED) is 0.901. The van der Waals surface area contributed by atoms with E-state index < -0.39 is 15.3 Å². The van der Waals surface area contributed by atoms with Gasteiger partial charge in [-0.05, 0) is 30.9 Å². The van der Waals surface area contributed by atoms with Crippen LogP contribution in [-0.2, 0) is 21.2 Å². The molecular weight excluding hydrogens is 288 g/mol. The van der Waals surface area contributed by atoms with Crippen molar-refractivity contribution in [2.24, 2.45) is 11.3 Å². The van der Waals surface area contributed by atoms with Gasteiger partial charge in [-0.2, -0.15) is 0 Å². The third-order valence-electron chi connectivity index (χ3n) is 4.38. The van der Waals surface area contributed by atoms with Gasteiger partial charge in [0.05, 0.1) is 17.1 Å². The van der Waals surface area contributed by atoms with Crippen LogP contribution in [0.5, 0.6) is 0 Å². The molecule has 1 saturated carbocycles. The summed E-state index contributed by atoms with van der Waals surface area (Å²) in [5.74, 6) is 0.368. The van der Waals surface area contributed by atoms with Crippen molar-refractivity contribution in [2.75, 3.05) is 6.26 Å². The van der Waals surface area contributed by atoms with Gasteiger partial charge in [-0.1, -0.05) is 20.3 Å². The second-order valence-electron chi connectivity index (χ2n) is 6.25. The number of carbonyl (C=O) groups is 1. The Bertz CT molecular complexity index is 634. The second kappa shape index (κ2) is 5.75. The van der Waals surface area contributed by atoms with Gasteiger partial charge in [0.1, 0.15) is 0 Å². The van der Waals surface area contributed by atoms with E-state index in [4.69, 9.17) is 0 Å². The van der Waals surface area contributed by atoms with Gasteiger partial charge in [0.25, 0.3) is 0 Å². The minimum Gasteiger partial charge on any atom is -0.350 e. The predicted molar refractivity (Wildman–Crippen MR) is 80.3 cm³/mol. The van der Waals surface area contributed by atoms with Crippen molar-refractivity contribution >= 4 is 15.7 Å². The first-order valence-corrected chi connectivity index (χ1v) is 9.04. The molecule has 1 fully saturated rings. The van der Waals surface area contributed by atoms with Gasteiger partial charge in [0, 0.05) is 17.9 Å². The van der Waals surface area contributed by atoms with E-state index in [0.29, 0.717) is 11.6 Å². The highest BCUT2D eigenvalue weighted by molar-refractivity contribution is 7.90. The minimum atomic E-state index is -3.34. The monoisotopic (exact) mass is 310 g/mol. The number of rotatable bonds is 5. The Morgan fingerprint density at radius 2 is 2.10 bits per heavy atom. The lowest BCUT2D eigenvalue weighted by Crippen LogP contribution is -2.44. The molecule has 5 nitrogen and oxygen atoms in total. The van der Waals surface area contributed by atoms with Crippen LogP contribution in [0.25, 0.3) is 0 Å². The van der Waals surface area contributed by atoms with Gasteiger partial charge in [-0.25, -0.2) is 8.42 Å². The maximum Gasteiger partial charge on any atom is 0.226 e. The third kappa shape index (κ3) is 3.43.